The first-order valence-electron chi connectivity index (χ1n) is 10.9. The second kappa shape index (κ2) is 8.91. The fourth-order valence-corrected chi connectivity index (χ4v) is 4.28. The molecule has 2 heterocycles. The zero-order valence-corrected chi connectivity index (χ0v) is 18.6. The molecule has 32 heavy (non-hydrogen) atoms. The van der Waals surface area contributed by atoms with Gasteiger partial charge in [-0.05, 0) is 31.0 Å². The van der Waals surface area contributed by atoms with Crippen LogP contribution < -0.4 is 4.74 Å². The summed E-state index contributed by atoms with van der Waals surface area (Å²) in [5.74, 6) is -0.959. The minimum absolute atomic E-state index is 0.0510. The van der Waals surface area contributed by atoms with E-state index >= 15 is 0 Å². The van der Waals surface area contributed by atoms with Gasteiger partial charge in [0.05, 0.1) is 18.7 Å². The van der Waals surface area contributed by atoms with Crippen molar-refractivity contribution in [2.75, 3.05) is 13.7 Å². The molecule has 0 saturated heterocycles. The molecule has 6 heteroatoms. The van der Waals surface area contributed by atoms with E-state index in [2.05, 4.69) is 6.92 Å². The number of rotatable bonds is 8. The number of para-hydroxylation sites is 1. The molecule has 0 spiro atoms. The zero-order chi connectivity index (χ0) is 22.8. The van der Waals surface area contributed by atoms with E-state index in [1.54, 1.807) is 17.0 Å². The molecule has 166 valence electrons. The van der Waals surface area contributed by atoms with E-state index in [0.717, 1.165) is 30.4 Å². The van der Waals surface area contributed by atoms with Gasteiger partial charge in [-0.15, -0.1) is 0 Å². The summed E-state index contributed by atoms with van der Waals surface area (Å²) in [7, 11) is 1.53. The van der Waals surface area contributed by atoms with Crippen molar-refractivity contribution in [2.24, 2.45) is 0 Å². The molecule has 1 unspecified atom stereocenters. The van der Waals surface area contributed by atoms with Crippen molar-refractivity contribution in [2.45, 2.75) is 39.2 Å². The Kier molecular flexibility index (Phi) is 6.04. The molecular weight excluding hydrogens is 406 g/mol. The molecule has 4 rings (SSSR count). The van der Waals surface area contributed by atoms with Crippen molar-refractivity contribution >= 4 is 22.7 Å². The van der Waals surface area contributed by atoms with Crippen LogP contribution >= 0.6 is 0 Å². The standard InChI is InChI=1S/C26H27NO5/c1-4-5-6-13-27-22(17-10-7-9-16(2)14-17)21(24(29)26(27)30)23(28)20-15-18-11-8-12-19(31-3)25(18)32-20/h7-12,14-15,22,29H,4-6,13H2,1-3H3. The van der Waals surface area contributed by atoms with Crippen LogP contribution in [0.5, 0.6) is 5.75 Å². The highest BCUT2D eigenvalue weighted by atomic mass is 16.5. The van der Waals surface area contributed by atoms with Gasteiger partial charge in [-0.25, -0.2) is 0 Å². The van der Waals surface area contributed by atoms with Crippen molar-refractivity contribution in [3.63, 3.8) is 0 Å². The van der Waals surface area contributed by atoms with E-state index in [0.29, 0.717) is 23.3 Å². The predicted octanol–water partition coefficient (Wildman–Crippen LogP) is 5.52. The molecule has 1 atom stereocenters. The van der Waals surface area contributed by atoms with Crippen molar-refractivity contribution in [1.29, 1.82) is 0 Å². The first kappa shape index (κ1) is 21.7. The maximum atomic E-state index is 13.6. The quantitative estimate of drug-likeness (QED) is 0.374. The number of furan rings is 1. The molecule has 1 aliphatic rings. The van der Waals surface area contributed by atoms with Gasteiger partial charge in [-0.2, -0.15) is 0 Å². The Hall–Kier alpha value is -3.54. The number of amides is 1. The number of aliphatic hydroxyl groups excluding tert-OH is 1. The van der Waals surface area contributed by atoms with Crippen molar-refractivity contribution < 1.29 is 23.8 Å². The number of Topliss-reactive ketones (excluding diaryl/α,β-unsaturated/α-hetero) is 1. The Morgan fingerprint density at radius 1 is 1.16 bits per heavy atom. The fraction of sp³-hybridized carbons (Fsp3) is 0.308. The molecule has 3 aromatic rings. The number of ether oxygens (including phenoxy) is 1. The van der Waals surface area contributed by atoms with E-state index in [1.165, 1.54) is 7.11 Å². The van der Waals surface area contributed by atoms with Crippen LogP contribution in [0.1, 0.15) is 53.9 Å². The molecule has 0 aliphatic carbocycles. The number of hydrogen-bond acceptors (Lipinski definition) is 5. The predicted molar refractivity (Wildman–Crippen MR) is 122 cm³/mol. The van der Waals surface area contributed by atoms with Crippen LogP contribution in [-0.4, -0.2) is 35.4 Å². The number of fused-ring (bicyclic) bond motifs is 1. The molecule has 2 aromatic carbocycles. The number of methoxy groups -OCH3 is 1. The van der Waals surface area contributed by atoms with Gasteiger partial charge in [0.1, 0.15) is 0 Å². The van der Waals surface area contributed by atoms with Gasteiger partial charge in [-0.1, -0.05) is 61.7 Å². The highest BCUT2D eigenvalue weighted by Crippen LogP contribution is 2.40. The molecule has 0 radical (unpaired) electrons. The maximum absolute atomic E-state index is 13.6. The highest BCUT2D eigenvalue weighted by Gasteiger charge is 2.44. The summed E-state index contributed by atoms with van der Waals surface area (Å²) >= 11 is 0. The van der Waals surface area contributed by atoms with Crippen LogP contribution in [0.4, 0.5) is 0 Å². The third kappa shape index (κ3) is 3.77. The van der Waals surface area contributed by atoms with Crippen molar-refractivity contribution in [3.8, 4) is 5.75 Å². The Morgan fingerprint density at radius 2 is 1.94 bits per heavy atom. The number of ketones is 1. The van der Waals surface area contributed by atoms with E-state index in [9.17, 15) is 14.7 Å². The summed E-state index contributed by atoms with van der Waals surface area (Å²) < 4.78 is 11.2. The van der Waals surface area contributed by atoms with Crippen LogP contribution in [0, 0.1) is 6.92 Å². The summed E-state index contributed by atoms with van der Waals surface area (Å²) in [4.78, 5) is 28.2. The SMILES string of the molecule is CCCCCN1C(=O)C(O)=C(C(=O)c2cc3cccc(OC)c3o2)C1c1cccc(C)c1. The molecule has 1 aromatic heterocycles. The summed E-state index contributed by atoms with van der Waals surface area (Å²) in [6, 6.07) is 14.0. The second-order valence-corrected chi connectivity index (χ2v) is 8.10. The minimum atomic E-state index is -0.665. The molecule has 0 bridgehead atoms. The van der Waals surface area contributed by atoms with E-state index in [4.69, 9.17) is 9.15 Å². The monoisotopic (exact) mass is 433 g/mol. The number of benzene rings is 2. The van der Waals surface area contributed by atoms with Gasteiger partial charge in [-0.3, -0.25) is 9.59 Å². The minimum Gasteiger partial charge on any atom is -0.503 e. The van der Waals surface area contributed by atoms with Crippen LogP contribution in [0.15, 0.2) is 64.3 Å². The third-order valence-corrected chi connectivity index (χ3v) is 5.86. The van der Waals surface area contributed by atoms with Crippen LogP contribution in [0.25, 0.3) is 11.0 Å². The van der Waals surface area contributed by atoms with Crippen molar-refractivity contribution in [3.05, 3.63) is 76.8 Å². The van der Waals surface area contributed by atoms with Crippen molar-refractivity contribution in [1.82, 2.24) is 4.90 Å². The number of carbonyl (C=O) groups excluding carboxylic acids is 2. The largest absolute Gasteiger partial charge is 0.503 e. The molecular formula is C26H27NO5. The highest BCUT2D eigenvalue weighted by molar-refractivity contribution is 6.16. The Labute approximate surface area is 187 Å². The topological polar surface area (TPSA) is 80.0 Å². The Bertz CT molecular complexity index is 1210. The molecule has 1 amide bonds. The smallest absolute Gasteiger partial charge is 0.290 e. The number of aryl methyl sites for hydroxylation is 1. The maximum Gasteiger partial charge on any atom is 0.290 e. The second-order valence-electron chi connectivity index (χ2n) is 8.10. The lowest BCUT2D eigenvalue weighted by Gasteiger charge is -2.27. The third-order valence-electron chi connectivity index (χ3n) is 5.86. The number of aliphatic hydroxyl groups is 1. The van der Waals surface area contributed by atoms with Crippen LogP contribution in [-0.2, 0) is 4.79 Å². The summed E-state index contributed by atoms with van der Waals surface area (Å²) in [6.45, 7) is 4.50. The number of hydrogen-bond donors (Lipinski definition) is 1. The van der Waals surface area contributed by atoms with Gasteiger partial charge in [0.15, 0.2) is 22.9 Å². The average molecular weight is 434 g/mol. The molecule has 1 N–H and O–H groups in total. The lowest BCUT2D eigenvalue weighted by atomic mass is 9.94. The number of unbranched alkanes of at least 4 members (excludes halogenated alkanes) is 2. The Morgan fingerprint density at radius 3 is 2.66 bits per heavy atom. The summed E-state index contributed by atoms with van der Waals surface area (Å²) in [6.07, 6.45) is 2.75. The lowest BCUT2D eigenvalue weighted by molar-refractivity contribution is -0.129. The first-order chi connectivity index (χ1) is 15.5. The van der Waals surface area contributed by atoms with Crippen LogP contribution in [0.3, 0.4) is 0 Å². The van der Waals surface area contributed by atoms with Gasteiger partial charge in [0.2, 0.25) is 5.78 Å². The molecule has 0 saturated carbocycles. The van der Waals surface area contributed by atoms with Gasteiger partial charge < -0.3 is 19.2 Å². The first-order valence-corrected chi connectivity index (χ1v) is 10.9. The average Bonchev–Trinajstić information content (AvgIpc) is 3.33. The molecule has 6 nitrogen and oxygen atoms in total. The van der Waals surface area contributed by atoms with Gasteiger partial charge >= 0.3 is 0 Å². The lowest BCUT2D eigenvalue weighted by Crippen LogP contribution is -2.32. The van der Waals surface area contributed by atoms with Gasteiger partial charge in [0, 0.05) is 11.9 Å². The number of nitrogens with zero attached hydrogens (tertiary/aromatic N) is 1. The zero-order valence-electron chi connectivity index (χ0n) is 18.6. The van der Waals surface area contributed by atoms with E-state index in [1.807, 2.05) is 43.3 Å². The molecule has 1 aliphatic heterocycles. The van der Waals surface area contributed by atoms with E-state index < -0.39 is 23.5 Å². The van der Waals surface area contributed by atoms with Crippen LogP contribution in [0.2, 0.25) is 0 Å². The summed E-state index contributed by atoms with van der Waals surface area (Å²) in [5.41, 5.74) is 2.30. The van der Waals surface area contributed by atoms with Gasteiger partial charge in [0.25, 0.3) is 5.91 Å². The number of carbonyl (C=O) groups is 2. The normalized spacial score (nSPS) is 16.3. The fourth-order valence-electron chi connectivity index (χ4n) is 4.28. The van der Waals surface area contributed by atoms with E-state index in [-0.39, 0.29) is 11.3 Å². The Balaban J connectivity index is 1.79. The molecule has 0 fully saturated rings. The summed E-state index contributed by atoms with van der Waals surface area (Å²) in [5, 5.41) is 11.5.